The number of hydrogen-bond donors (Lipinski definition) is 2. The number of hydrogen-bond acceptors (Lipinski definition) is 4. The standard InChI is InChI=1S/C15H26N2O2S2/c1-5-14(11-20-4)17-21(18,19)15-8-6-13(7-9-15)10-16-12(2)3/h6-9,12,14,16-17H,5,10-11H2,1-4H3. The molecule has 1 rings (SSSR count). The molecule has 0 fully saturated rings. The van der Waals surface area contributed by atoms with Crippen LogP contribution in [0.4, 0.5) is 0 Å². The molecule has 0 saturated heterocycles. The van der Waals surface area contributed by atoms with Gasteiger partial charge in [-0.15, -0.1) is 0 Å². The highest BCUT2D eigenvalue weighted by Gasteiger charge is 2.18. The second-order valence-electron chi connectivity index (χ2n) is 5.36. The molecule has 2 N–H and O–H groups in total. The van der Waals surface area contributed by atoms with E-state index in [4.69, 9.17) is 0 Å². The summed E-state index contributed by atoms with van der Waals surface area (Å²) in [4.78, 5) is 0.329. The van der Waals surface area contributed by atoms with Crippen LogP contribution in [0.15, 0.2) is 29.2 Å². The van der Waals surface area contributed by atoms with E-state index in [9.17, 15) is 8.42 Å². The number of sulfonamides is 1. The molecule has 0 saturated carbocycles. The van der Waals surface area contributed by atoms with E-state index in [0.29, 0.717) is 10.9 Å². The number of thioether (sulfide) groups is 1. The molecule has 1 atom stereocenters. The van der Waals surface area contributed by atoms with Gasteiger partial charge in [-0.1, -0.05) is 32.9 Å². The smallest absolute Gasteiger partial charge is 0.240 e. The van der Waals surface area contributed by atoms with Crippen molar-refractivity contribution in [2.75, 3.05) is 12.0 Å². The predicted octanol–water partition coefficient (Wildman–Crippen LogP) is 2.60. The maximum absolute atomic E-state index is 12.3. The second-order valence-corrected chi connectivity index (χ2v) is 7.99. The summed E-state index contributed by atoms with van der Waals surface area (Å²) in [6.07, 6.45) is 2.77. The molecule has 0 radical (unpaired) electrons. The summed E-state index contributed by atoms with van der Waals surface area (Å²) in [7, 11) is -3.43. The first-order chi connectivity index (χ1) is 9.89. The normalized spacial score (nSPS) is 13.6. The fourth-order valence-electron chi connectivity index (χ4n) is 1.83. The van der Waals surface area contributed by atoms with Crippen molar-refractivity contribution in [2.45, 2.75) is 50.7 Å². The molecule has 0 bridgehead atoms. The molecule has 1 aromatic rings. The van der Waals surface area contributed by atoms with Gasteiger partial charge in [0.1, 0.15) is 0 Å². The highest BCUT2D eigenvalue weighted by molar-refractivity contribution is 7.98. The third kappa shape index (κ3) is 6.38. The first-order valence-corrected chi connectivity index (χ1v) is 10.1. The fraction of sp³-hybridized carbons (Fsp3) is 0.600. The molecule has 0 aromatic heterocycles. The topological polar surface area (TPSA) is 58.2 Å². The summed E-state index contributed by atoms with van der Waals surface area (Å²) in [6, 6.07) is 7.45. The minimum absolute atomic E-state index is 0.0210. The fourth-order valence-corrected chi connectivity index (χ4v) is 3.98. The summed E-state index contributed by atoms with van der Waals surface area (Å²) < 4.78 is 27.4. The lowest BCUT2D eigenvalue weighted by Gasteiger charge is -2.16. The Hall–Kier alpha value is -0.560. The molecule has 0 spiro atoms. The SMILES string of the molecule is CCC(CSC)NS(=O)(=O)c1ccc(CNC(C)C)cc1. The molecule has 6 heteroatoms. The Morgan fingerprint density at radius 2 is 1.81 bits per heavy atom. The monoisotopic (exact) mass is 330 g/mol. The minimum Gasteiger partial charge on any atom is -0.310 e. The maximum atomic E-state index is 12.3. The quantitative estimate of drug-likeness (QED) is 0.731. The number of rotatable bonds is 9. The number of benzene rings is 1. The van der Waals surface area contributed by atoms with Gasteiger partial charge in [0.05, 0.1) is 4.90 Å². The molecular weight excluding hydrogens is 304 g/mol. The van der Waals surface area contributed by atoms with Crippen LogP contribution < -0.4 is 10.0 Å². The van der Waals surface area contributed by atoms with Gasteiger partial charge in [-0.05, 0) is 30.4 Å². The van der Waals surface area contributed by atoms with E-state index in [0.717, 1.165) is 24.3 Å². The largest absolute Gasteiger partial charge is 0.310 e. The average molecular weight is 331 g/mol. The Labute approximate surface area is 133 Å². The van der Waals surface area contributed by atoms with Crippen LogP contribution in [0.25, 0.3) is 0 Å². The second kappa shape index (κ2) is 8.78. The zero-order chi connectivity index (χ0) is 15.9. The molecule has 21 heavy (non-hydrogen) atoms. The van der Waals surface area contributed by atoms with Gasteiger partial charge < -0.3 is 5.32 Å². The van der Waals surface area contributed by atoms with Gasteiger partial charge >= 0.3 is 0 Å². The van der Waals surface area contributed by atoms with Gasteiger partial charge in [0.15, 0.2) is 0 Å². The van der Waals surface area contributed by atoms with Crippen molar-refractivity contribution in [1.29, 1.82) is 0 Å². The van der Waals surface area contributed by atoms with E-state index in [1.807, 2.05) is 25.3 Å². The van der Waals surface area contributed by atoms with Crippen molar-refractivity contribution in [1.82, 2.24) is 10.0 Å². The van der Waals surface area contributed by atoms with E-state index in [1.54, 1.807) is 23.9 Å². The Morgan fingerprint density at radius 1 is 1.19 bits per heavy atom. The van der Waals surface area contributed by atoms with Crippen molar-refractivity contribution < 1.29 is 8.42 Å². The van der Waals surface area contributed by atoms with E-state index in [1.165, 1.54) is 0 Å². The first kappa shape index (κ1) is 18.5. The van der Waals surface area contributed by atoms with E-state index >= 15 is 0 Å². The predicted molar refractivity (Wildman–Crippen MR) is 91.2 cm³/mol. The molecule has 120 valence electrons. The van der Waals surface area contributed by atoms with Crippen LogP contribution in [0.3, 0.4) is 0 Å². The Morgan fingerprint density at radius 3 is 2.29 bits per heavy atom. The molecule has 4 nitrogen and oxygen atoms in total. The van der Waals surface area contributed by atoms with Crippen molar-refractivity contribution in [3.05, 3.63) is 29.8 Å². The Balaban J connectivity index is 2.75. The lowest BCUT2D eigenvalue weighted by Crippen LogP contribution is -2.36. The molecule has 0 heterocycles. The van der Waals surface area contributed by atoms with Gasteiger partial charge in [0.25, 0.3) is 0 Å². The van der Waals surface area contributed by atoms with Gasteiger partial charge in [-0.3, -0.25) is 0 Å². The Bertz CT molecular complexity index is 513. The van der Waals surface area contributed by atoms with Crippen LogP contribution in [0.2, 0.25) is 0 Å². The lowest BCUT2D eigenvalue weighted by atomic mass is 10.2. The summed E-state index contributed by atoms with van der Waals surface area (Å²) in [5.74, 6) is 0.784. The third-order valence-electron chi connectivity index (χ3n) is 3.13. The summed E-state index contributed by atoms with van der Waals surface area (Å²) >= 11 is 1.65. The van der Waals surface area contributed by atoms with E-state index in [2.05, 4.69) is 23.9 Å². The van der Waals surface area contributed by atoms with Crippen LogP contribution in [0, 0.1) is 0 Å². The van der Waals surface area contributed by atoms with Crippen molar-refractivity contribution in [3.63, 3.8) is 0 Å². The van der Waals surface area contributed by atoms with Gasteiger partial charge in [0.2, 0.25) is 10.0 Å². The zero-order valence-corrected chi connectivity index (χ0v) is 14.9. The number of nitrogens with one attached hydrogen (secondary N) is 2. The van der Waals surface area contributed by atoms with Crippen LogP contribution >= 0.6 is 11.8 Å². The molecular formula is C15H26N2O2S2. The van der Waals surface area contributed by atoms with Crippen LogP contribution in [0.1, 0.15) is 32.8 Å². The lowest BCUT2D eigenvalue weighted by molar-refractivity contribution is 0.558. The first-order valence-electron chi connectivity index (χ1n) is 7.22. The highest BCUT2D eigenvalue weighted by atomic mass is 32.2. The molecule has 0 aliphatic heterocycles. The summed E-state index contributed by atoms with van der Waals surface area (Å²) in [5.41, 5.74) is 1.08. The van der Waals surface area contributed by atoms with Gasteiger partial charge in [-0.25, -0.2) is 13.1 Å². The van der Waals surface area contributed by atoms with Crippen molar-refractivity contribution in [3.8, 4) is 0 Å². The van der Waals surface area contributed by atoms with Crippen LogP contribution in [-0.2, 0) is 16.6 Å². The molecule has 0 amide bonds. The zero-order valence-electron chi connectivity index (χ0n) is 13.2. The maximum Gasteiger partial charge on any atom is 0.240 e. The van der Waals surface area contributed by atoms with Crippen LogP contribution in [-0.4, -0.2) is 32.5 Å². The molecule has 1 unspecified atom stereocenters. The minimum atomic E-state index is -3.43. The molecule has 1 aromatic carbocycles. The van der Waals surface area contributed by atoms with Crippen molar-refractivity contribution in [2.24, 2.45) is 0 Å². The van der Waals surface area contributed by atoms with E-state index in [-0.39, 0.29) is 6.04 Å². The van der Waals surface area contributed by atoms with E-state index < -0.39 is 10.0 Å². The average Bonchev–Trinajstić information content (AvgIpc) is 2.45. The molecule has 0 aliphatic carbocycles. The summed E-state index contributed by atoms with van der Waals surface area (Å²) in [6.45, 7) is 6.90. The molecule has 0 aliphatic rings. The van der Waals surface area contributed by atoms with Gasteiger partial charge in [-0.2, -0.15) is 11.8 Å². The summed E-state index contributed by atoms with van der Waals surface area (Å²) in [5, 5.41) is 3.31. The van der Waals surface area contributed by atoms with Gasteiger partial charge in [0, 0.05) is 24.4 Å². The third-order valence-corrected chi connectivity index (χ3v) is 5.40. The Kier molecular flexibility index (Phi) is 7.73. The van der Waals surface area contributed by atoms with Crippen LogP contribution in [0.5, 0.6) is 0 Å². The highest BCUT2D eigenvalue weighted by Crippen LogP contribution is 2.13. The van der Waals surface area contributed by atoms with Crippen molar-refractivity contribution >= 4 is 21.8 Å².